The molecule has 0 saturated carbocycles. The van der Waals surface area contributed by atoms with Crippen LogP contribution in [0.3, 0.4) is 0 Å². The molecule has 1 aliphatic heterocycles. The van der Waals surface area contributed by atoms with E-state index in [-0.39, 0.29) is 12.3 Å². The summed E-state index contributed by atoms with van der Waals surface area (Å²) in [6, 6.07) is 6.97. The van der Waals surface area contributed by atoms with Gasteiger partial charge in [0.1, 0.15) is 5.75 Å². The molecule has 22 heavy (non-hydrogen) atoms. The molecule has 1 heterocycles. The fourth-order valence-corrected chi connectivity index (χ4v) is 2.21. The van der Waals surface area contributed by atoms with Gasteiger partial charge in [-0.25, -0.2) is 4.79 Å². The minimum absolute atomic E-state index is 0.0439. The van der Waals surface area contributed by atoms with Crippen LogP contribution in [-0.2, 0) is 14.2 Å². The monoisotopic (exact) mass is 308 g/mol. The zero-order valence-corrected chi connectivity index (χ0v) is 13.1. The molecule has 5 heteroatoms. The molecule has 0 bridgehead atoms. The van der Waals surface area contributed by atoms with Crippen molar-refractivity contribution in [1.29, 1.82) is 0 Å². The van der Waals surface area contributed by atoms with Crippen LogP contribution in [0.5, 0.6) is 5.75 Å². The molecule has 1 aromatic carbocycles. The van der Waals surface area contributed by atoms with Gasteiger partial charge in [-0.3, -0.25) is 0 Å². The number of carbonyl (C=O) groups excluding carboxylic acids is 1. The van der Waals surface area contributed by atoms with Crippen LogP contribution in [-0.4, -0.2) is 38.7 Å². The van der Waals surface area contributed by atoms with Crippen molar-refractivity contribution in [3.63, 3.8) is 0 Å². The maximum absolute atomic E-state index is 11.5. The Labute approximate surface area is 131 Å². The number of hydrogen-bond acceptors (Lipinski definition) is 5. The van der Waals surface area contributed by atoms with E-state index in [1.54, 1.807) is 31.2 Å². The minimum Gasteiger partial charge on any atom is -0.494 e. The van der Waals surface area contributed by atoms with Crippen molar-refractivity contribution >= 4 is 5.97 Å². The first-order valence-electron chi connectivity index (χ1n) is 7.93. The van der Waals surface area contributed by atoms with Gasteiger partial charge in [0.25, 0.3) is 0 Å². The van der Waals surface area contributed by atoms with E-state index in [2.05, 4.69) is 0 Å². The third-order valence-electron chi connectivity index (χ3n) is 3.36. The van der Waals surface area contributed by atoms with Gasteiger partial charge in [-0.15, -0.1) is 0 Å². The molecule has 1 atom stereocenters. The highest BCUT2D eigenvalue weighted by Gasteiger charge is 2.13. The van der Waals surface area contributed by atoms with Crippen LogP contribution in [0, 0.1) is 0 Å². The Morgan fingerprint density at radius 1 is 1.23 bits per heavy atom. The highest BCUT2D eigenvalue weighted by Crippen LogP contribution is 2.15. The Kier molecular flexibility index (Phi) is 7.19. The Balaban J connectivity index is 1.61. The lowest BCUT2D eigenvalue weighted by molar-refractivity contribution is -0.163. The minimum atomic E-state index is -0.310. The Bertz CT molecular complexity index is 437. The van der Waals surface area contributed by atoms with Gasteiger partial charge in [0.05, 0.1) is 25.4 Å². The SMILES string of the molecule is CCOC(=O)c1ccc(OCCCOC2CCCCO2)cc1. The smallest absolute Gasteiger partial charge is 0.338 e. The molecule has 1 aromatic rings. The summed E-state index contributed by atoms with van der Waals surface area (Å²) in [6.07, 6.45) is 4.05. The van der Waals surface area contributed by atoms with Crippen molar-refractivity contribution < 1.29 is 23.7 Å². The molecule has 0 amide bonds. The second kappa shape index (κ2) is 9.43. The second-order valence-corrected chi connectivity index (χ2v) is 5.11. The molecule has 1 aliphatic rings. The third kappa shape index (κ3) is 5.66. The average molecular weight is 308 g/mol. The summed E-state index contributed by atoms with van der Waals surface area (Å²) in [5.41, 5.74) is 0.534. The van der Waals surface area contributed by atoms with Gasteiger partial charge < -0.3 is 18.9 Å². The molecule has 0 aromatic heterocycles. The van der Waals surface area contributed by atoms with E-state index in [4.69, 9.17) is 18.9 Å². The molecule has 5 nitrogen and oxygen atoms in total. The van der Waals surface area contributed by atoms with E-state index >= 15 is 0 Å². The van der Waals surface area contributed by atoms with Crippen LogP contribution < -0.4 is 4.74 Å². The highest BCUT2D eigenvalue weighted by atomic mass is 16.7. The van der Waals surface area contributed by atoms with E-state index in [0.717, 1.165) is 31.6 Å². The lowest BCUT2D eigenvalue weighted by Crippen LogP contribution is -2.23. The third-order valence-corrected chi connectivity index (χ3v) is 3.36. The van der Waals surface area contributed by atoms with Gasteiger partial charge in [-0.05, 0) is 50.5 Å². The van der Waals surface area contributed by atoms with Crippen molar-refractivity contribution in [2.24, 2.45) is 0 Å². The largest absolute Gasteiger partial charge is 0.494 e. The van der Waals surface area contributed by atoms with Crippen LogP contribution in [0.15, 0.2) is 24.3 Å². The fraction of sp³-hybridized carbons (Fsp3) is 0.588. The number of hydrogen-bond donors (Lipinski definition) is 0. The molecule has 0 aliphatic carbocycles. The van der Waals surface area contributed by atoms with Crippen LogP contribution in [0.2, 0.25) is 0 Å². The summed E-state index contributed by atoms with van der Waals surface area (Å²) in [4.78, 5) is 11.5. The van der Waals surface area contributed by atoms with Crippen LogP contribution in [0.4, 0.5) is 0 Å². The van der Waals surface area contributed by atoms with Crippen molar-refractivity contribution in [3.8, 4) is 5.75 Å². The molecule has 1 saturated heterocycles. The van der Waals surface area contributed by atoms with Gasteiger partial charge in [-0.1, -0.05) is 0 Å². The summed E-state index contributed by atoms with van der Waals surface area (Å²) in [7, 11) is 0. The van der Waals surface area contributed by atoms with Gasteiger partial charge >= 0.3 is 5.97 Å². The van der Waals surface area contributed by atoms with Crippen LogP contribution >= 0.6 is 0 Å². The average Bonchev–Trinajstić information content (AvgIpc) is 2.56. The zero-order chi connectivity index (χ0) is 15.6. The van der Waals surface area contributed by atoms with E-state index in [1.165, 1.54) is 6.42 Å². The zero-order valence-electron chi connectivity index (χ0n) is 13.1. The molecular formula is C17H24O5. The van der Waals surface area contributed by atoms with Crippen LogP contribution in [0.1, 0.15) is 43.0 Å². The van der Waals surface area contributed by atoms with Gasteiger partial charge in [0.2, 0.25) is 0 Å². The summed E-state index contributed by atoms with van der Waals surface area (Å²) < 4.78 is 21.7. The summed E-state index contributed by atoms with van der Waals surface area (Å²) in [5, 5.41) is 0. The quantitative estimate of drug-likeness (QED) is 0.545. The predicted molar refractivity (Wildman–Crippen MR) is 82.1 cm³/mol. The molecule has 1 unspecified atom stereocenters. The van der Waals surface area contributed by atoms with Crippen LogP contribution in [0.25, 0.3) is 0 Å². The first-order chi connectivity index (χ1) is 10.8. The van der Waals surface area contributed by atoms with E-state index in [0.29, 0.717) is 25.4 Å². The Morgan fingerprint density at radius 2 is 2.05 bits per heavy atom. The number of carbonyl (C=O) groups is 1. The molecule has 0 spiro atoms. The lowest BCUT2D eigenvalue weighted by atomic mass is 10.2. The Hall–Kier alpha value is -1.59. The first-order valence-corrected chi connectivity index (χ1v) is 7.93. The van der Waals surface area contributed by atoms with Gasteiger partial charge in [0.15, 0.2) is 6.29 Å². The molecule has 122 valence electrons. The predicted octanol–water partition coefficient (Wildman–Crippen LogP) is 3.18. The van der Waals surface area contributed by atoms with Gasteiger partial charge in [0, 0.05) is 13.0 Å². The standard InChI is InChI=1S/C17H24O5/c1-2-19-17(18)14-7-9-15(10-8-14)20-12-5-13-22-16-6-3-4-11-21-16/h7-10,16H,2-6,11-13H2,1H3. The van der Waals surface area contributed by atoms with Crippen molar-refractivity contribution in [2.75, 3.05) is 26.4 Å². The molecule has 0 N–H and O–H groups in total. The molecule has 2 rings (SSSR count). The number of benzene rings is 1. The molecule has 1 fully saturated rings. The maximum atomic E-state index is 11.5. The normalized spacial score (nSPS) is 18.0. The molecular weight excluding hydrogens is 284 g/mol. The van der Waals surface area contributed by atoms with Gasteiger partial charge in [-0.2, -0.15) is 0 Å². The van der Waals surface area contributed by atoms with E-state index in [9.17, 15) is 4.79 Å². The maximum Gasteiger partial charge on any atom is 0.338 e. The second-order valence-electron chi connectivity index (χ2n) is 5.11. The highest BCUT2D eigenvalue weighted by molar-refractivity contribution is 5.89. The van der Waals surface area contributed by atoms with Crippen molar-refractivity contribution in [3.05, 3.63) is 29.8 Å². The summed E-state index contributed by atoms with van der Waals surface area (Å²) >= 11 is 0. The summed E-state index contributed by atoms with van der Waals surface area (Å²) in [5.74, 6) is 0.428. The first kappa shape index (κ1) is 16.8. The molecule has 0 radical (unpaired) electrons. The van der Waals surface area contributed by atoms with Crippen molar-refractivity contribution in [2.45, 2.75) is 38.9 Å². The van der Waals surface area contributed by atoms with Crippen molar-refractivity contribution in [1.82, 2.24) is 0 Å². The van der Waals surface area contributed by atoms with E-state index < -0.39 is 0 Å². The fourth-order valence-electron chi connectivity index (χ4n) is 2.21. The number of rotatable bonds is 8. The Morgan fingerprint density at radius 3 is 2.73 bits per heavy atom. The lowest BCUT2D eigenvalue weighted by Gasteiger charge is -2.22. The van der Waals surface area contributed by atoms with E-state index in [1.807, 2.05) is 0 Å². The topological polar surface area (TPSA) is 54.0 Å². The number of ether oxygens (including phenoxy) is 4. The summed E-state index contributed by atoms with van der Waals surface area (Å²) in [6.45, 7) is 4.17. The number of esters is 1.